The van der Waals surface area contributed by atoms with Crippen LogP contribution in [0.3, 0.4) is 0 Å². The van der Waals surface area contributed by atoms with Gasteiger partial charge in [0.2, 0.25) is 5.95 Å². The third-order valence-corrected chi connectivity index (χ3v) is 5.00. The maximum Gasteiger partial charge on any atom is 0.433 e. The van der Waals surface area contributed by atoms with Crippen LogP contribution in [0.4, 0.5) is 19.1 Å². The molecule has 0 amide bonds. The molecule has 144 valence electrons. The third kappa shape index (κ3) is 3.43. The topological polar surface area (TPSA) is 86.3 Å². The van der Waals surface area contributed by atoms with E-state index in [-0.39, 0.29) is 10.8 Å². The van der Waals surface area contributed by atoms with Crippen LogP contribution < -0.4 is 4.90 Å². The van der Waals surface area contributed by atoms with Crippen LogP contribution in [0.2, 0.25) is 0 Å². The number of hydrogen-bond donors (Lipinski definition) is 0. The standard InChI is InChI=1S/C14H15F3N8OS/c1-2-24-12(23-3-5-26-6-4-23)21-22-13(24)27-10-7-9(14(15,16)17)20-11-18-8-19-25(10)11/h7-8H,2-6H2,1H3. The molecule has 0 N–H and O–H groups in total. The molecule has 1 fully saturated rings. The largest absolute Gasteiger partial charge is 0.433 e. The van der Waals surface area contributed by atoms with Gasteiger partial charge in [0.15, 0.2) is 10.9 Å². The molecule has 0 unspecified atom stereocenters. The van der Waals surface area contributed by atoms with Gasteiger partial charge in [0.1, 0.15) is 11.4 Å². The van der Waals surface area contributed by atoms with Gasteiger partial charge in [0.25, 0.3) is 5.78 Å². The number of hydrogen-bond acceptors (Lipinski definition) is 8. The van der Waals surface area contributed by atoms with Gasteiger partial charge in [-0.1, -0.05) is 0 Å². The second kappa shape index (κ2) is 6.96. The summed E-state index contributed by atoms with van der Waals surface area (Å²) < 4.78 is 47.9. The predicted molar refractivity (Wildman–Crippen MR) is 88.6 cm³/mol. The average Bonchev–Trinajstić information content (AvgIpc) is 3.28. The molecule has 0 saturated carbocycles. The number of fused-ring (bicyclic) bond motifs is 1. The van der Waals surface area contributed by atoms with Crippen molar-refractivity contribution < 1.29 is 17.9 Å². The molecule has 3 aromatic rings. The molecule has 0 aromatic carbocycles. The van der Waals surface area contributed by atoms with Crippen molar-refractivity contribution in [2.75, 3.05) is 31.2 Å². The highest BCUT2D eigenvalue weighted by molar-refractivity contribution is 7.99. The first-order valence-electron chi connectivity index (χ1n) is 8.19. The minimum absolute atomic E-state index is 0.122. The van der Waals surface area contributed by atoms with E-state index in [0.29, 0.717) is 44.0 Å². The van der Waals surface area contributed by atoms with Crippen LogP contribution in [0.1, 0.15) is 12.6 Å². The molecule has 0 spiro atoms. The summed E-state index contributed by atoms with van der Waals surface area (Å²) in [6, 6.07) is 0.940. The van der Waals surface area contributed by atoms with Crippen molar-refractivity contribution in [3.8, 4) is 0 Å². The van der Waals surface area contributed by atoms with Crippen LogP contribution in [-0.4, -0.2) is 60.6 Å². The number of nitrogens with zero attached hydrogens (tertiary/aromatic N) is 8. The summed E-state index contributed by atoms with van der Waals surface area (Å²) in [7, 11) is 0. The number of anilines is 1. The van der Waals surface area contributed by atoms with Gasteiger partial charge in [-0.05, 0) is 18.7 Å². The fourth-order valence-electron chi connectivity index (χ4n) is 2.73. The molecule has 1 saturated heterocycles. The maximum atomic E-state index is 13.2. The van der Waals surface area contributed by atoms with Gasteiger partial charge in [0, 0.05) is 25.7 Å². The smallest absolute Gasteiger partial charge is 0.378 e. The normalized spacial score (nSPS) is 15.6. The molecule has 13 heteroatoms. The van der Waals surface area contributed by atoms with Crippen molar-refractivity contribution in [2.45, 2.75) is 29.8 Å². The fourth-order valence-corrected chi connectivity index (χ4v) is 3.70. The Hall–Kier alpha value is -2.41. The van der Waals surface area contributed by atoms with Crippen LogP contribution in [0, 0.1) is 0 Å². The van der Waals surface area contributed by atoms with Gasteiger partial charge in [-0.3, -0.25) is 4.57 Å². The summed E-state index contributed by atoms with van der Waals surface area (Å²) in [5.74, 6) is 0.548. The number of rotatable bonds is 4. The number of alkyl halides is 3. The van der Waals surface area contributed by atoms with Crippen LogP contribution in [0.25, 0.3) is 5.78 Å². The summed E-state index contributed by atoms with van der Waals surface area (Å²) in [5.41, 5.74) is -1.03. The van der Waals surface area contributed by atoms with Gasteiger partial charge in [0.05, 0.1) is 13.2 Å². The van der Waals surface area contributed by atoms with E-state index < -0.39 is 11.9 Å². The molecular formula is C14H15F3N8OS. The lowest BCUT2D eigenvalue weighted by Crippen LogP contribution is -2.38. The Morgan fingerprint density at radius 1 is 1.22 bits per heavy atom. The van der Waals surface area contributed by atoms with Crippen LogP contribution >= 0.6 is 11.8 Å². The third-order valence-electron chi connectivity index (χ3n) is 4.01. The van der Waals surface area contributed by atoms with Crippen molar-refractivity contribution in [1.82, 2.24) is 34.3 Å². The summed E-state index contributed by atoms with van der Waals surface area (Å²) >= 11 is 1.04. The molecule has 4 rings (SSSR count). The Kier molecular flexibility index (Phi) is 4.63. The zero-order valence-corrected chi connectivity index (χ0v) is 15.0. The van der Waals surface area contributed by atoms with E-state index in [1.807, 2.05) is 16.4 Å². The van der Waals surface area contributed by atoms with E-state index in [9.17, 15) is 13.2 Å². The Bertz CT molecular complexity index is 950. The maximum absolute atomic E-state index is 13.2. The van der Waals surface area contributed by atoms with Crippen molar-refractivity contribution >= 4 is 23.5 Å². The molecule has 3 aromatic heterocycles. The van der Waals surface area contributed by atoms with Crippen molar-refractivity contribution in [3.63, 3.8) is 0 Å². The second-order valence-electron chi connectivity index (χ2n) is 5.68. The number of morpholine rings is 1. The molecule has 1 aliphatic heterocycles. The van der Waals surface area contributed by atoms with Crippen molar-refractivity contribution in [3.05, 3.63) is 18.1 Å². The molecule has 1 aliphatic rings. The fraction of sp³-hybridized carbons (Fsp3) is 0.500. The van der Waals surface area contributed by atoms with Crippen LogP contribution in [-0.2, 0) is 17.5 Å². The summed E-state index contributed by atoms with van der Waals surface area (Å²) in [5, 5.41) is 13.0. The van der Waals surface area contributed by atoms with Crippen molar-refractivity contribution in [1.29, 1.82) is 0 Å². The molecule has 0 bridgehead atoms. The molecule has 0 atom stereocenters. The summed E-state index contributed by atoms with van der Waals surface area (Å²) in [4.78, 5) is 9.34. The van der Waals surface area contributed by atoms with E-state index in [1.54, 1.807) is 0 Å². The molecule has 4 heterocycles. The zero-order valence-electron chi connectivity index (χ0n) is 14.2. The molecular weight excluding hydrogens is 385 g/mol. The van der Waals surface area contributed by atoms with E-state index in [0.717, 1.165) is 24.2 Å². The molecule has 0 radical (unpaired) electrons. The number of halogens is 3. The summed E-state index contributed by atoms with van der Waals surface area (Å²) in [6.45, 7) is 5.05. The highest BCUT2D eigenvalue weighted by Crippen LogP contribution is 2.34. The van der Waals surface area contributed by atoms with E-state index >= 15 is 0 Å². The Labute approximate surface area is 155 Å². The molecule has 27 heavy (non-hydrogen) atoms. The lowest BCUT2D eigenvalue weighted by Gasteiger charge is -2.27. The lowest BCUT2D eigenvalue weighted by molar-refractivity contribution is -0.141. The summed E-state index contributed by atoms with van der Waals surface area (Å²) in [6.07, 6.45) is -3.42. The first kappa shape index (κ1) is 18.0. The monoisotopic (exact) mass is 400 g/mol. The van der Waals surface area contributed by atoms with Crippen molar-refractivity contribution in [2.24, 2.45) is 0 Å². The Morgan fingerprint density at radius 2 is 2.00 bits per heavy atom. The van der Waals surface area contributed by atoms with E-state index in [1.165, 1.54) is 4.52 Å². The van der Waals surface area contributed by atoms with Crippen LogP contribution in [0.15, 0.2) is 22.6 Å². The highest BCUT2D eigenvalue weighted by Gasteiger charge is 2.34. The Balaban J connectivity index is 1.72. The van der Waals surface area contributed by atoms with Gasteiger partial charge in [-0.15, -0.1) is 10.2 Å². The second-order valence-corrected chi connectivity index (χ2v) is 6.67. The van der Waals surface area contributed by atoms with Gasteiger partial charge in [-0.2, -0.15) is 27.8 Å². The first-order valence-corrected chi connectivity index (χ1v) is 9.00. The Morgan fingerprint density at radius 3 is 2.70 bits per heavy atom. The van der Waals surface area contributed by atoms with E-state index in [2.05, 4.69) is 25.3 Å². The average molecular weight is 400 g/mol. The van der Waals surface area contributed by atoms with E-state index in [4.69, 9.17) is 4.74 Å². The molecule has 0 aliphatic carbocycles. The lowest BCUT2D eigenvalue weighted by atomic mass is 10.4. The SMILES string of the molecule is CCn1c(Sc2cc(C(F)(F)F)nc3ncnn23)nnc1N1CCOCC1. The number of aromatic nitrogens is 7. The van der Waals surface area contributed by atoms with Crippen LogP contribution in [0.5, 0.6) is 0 Å². The quantitative estimate of drug-likeness (QED) is 0.613. The van der Waals surface area contributed by atoms with Gasteiger partial charge in [-0.25, -0.2) is 4.98 Å². The van der Waals surface area contributed by atoms with Gasteiger partial charge >= 0.3 is 6.18 Å². The van der Waals surface area contributed by atoms with Gasteiger partial charge < -0.3 is 9.64 Å². The predicted octanol–water partition coefficient (Wildman–Crippen LogP) is 1.74. The highest BCUT2D eigenvalue weighted by atomic mass is 32.2. The minimum atomic E-state index is -4.58. The minimum Gasteiger partial charge on any atom is -0.378 e. The number of ether oxygens (including phenoxy) is 1. The first-order chi connectivity index (χ1) is 13.0. The zero-order chi connectivity index (χ0) is 19.0. The molecule has 9 nitrogen and oxygen atoms in total.